The van der Waals surface area contributed by atoms with Crippen molar-refractivity contribution in [2.45, 2.75) is 6.54 Å². The molecule has 1 amide bonds. The summed E-state index contributed by atoms with van der Waals surface area (Å²) in [5.74, 6) is 0.472. The maximum absolute atomic E-state index is 13.1. The smallest absolute Gasteiger partial charge is 0.345 e. The Labute approximate surface area is 166 Å². The zero-order valence-electron chi connectivity index (χ0n) is 16.3. The van der Waals surface area contributed by atoms with Crippen LogP contribution in [0.3, 0.4) is 0 Å². The molecule has 0 saturated heterocycles. The molecule has 1 N–H and O–H groups in total. The third-order valence-corrected chi connectivity index (χ3v) is 4.40. The van der Waals surface area contributed by atoms with Gasteiger partial charge in [0.1, 0.15) is 5.82 Å². The minimum Gasteiger partial charge on any atom is -0.493 e. The van der Waals surface area contributed by atoms with Crippen molar-refractivity contribution in [3.63, 3.8) is 0 Å². The summed E-state index contributed by atoms with van der Waals surface area (Å²) in [5.41, 5.74) is 0.611. The summed E-state index contributed by atoms with van der Waals surface area (Å²) in [4.78, 5) is 24.9. The standard InChI is InChI=1S/C20H21FN4O4/c1-24-18(13-7-9-14(21)10-8-13)23-25(20(24)27)12-11-22-19(26)15-5-4-6-16(28-2)17(15)29-3/h4-10H,11-12H2,1-3H3,(H,22,26). The number of nitrogens with zero attached hydrogens (tertiary/aromatic N) is 3. The molecule has 2 aromatic carbocycles. The van der Waals surface area contributed by atoms with Gasteiger partial charge in [0.2, 0.25) is 0 Å². The third kappa shape index (κ3) is 4.13. The van der Waals surface area contributed by atoms with Gasteiger partial charge in [-0.3, -0.25) is 9.36 Å². The molecule has 8 nitrogen and oxygen atoms in total. The van der Waals surface area contributed by atoms with E-state index in [0.29, 0.717) is 28.5 Å². The number of nitrogens with one attached hydrogen (secondary N) is 1. The van der Waals surface area contributed by atoms with Crippen LogP contribution in [0.1, 0.15) is 10.4 Å². The van der Waals surface area contributed by atoms with E-state index in [9.17, 15) is 14.0 Å². The van der Waals surface area contributed by atoms with Crippen LogP contribution in [0.15, 0.2) is 47.3 Å². The summed E-state index contributed by atoms with van der Waals surface area (Å²) >= 11 is 0. The first kappa shape index (κ1) is 20.1. The molecular formula is C20H21FN4O4. The van der Waals surface area contributed by atoms with E-state index in [2.05, 4.69) is 10.4 Å². The Balaban J connectivity index is 1.71. The third-order valence-electron chi connectivity index (χ3n) is 4.40. The van der Waals surface area contributed by atoms with E-state index in [-0.39, 0.29) is 30.5 Å². The highest BCUT2D eigenvalue weighted by Gasteiger charge is 2.17. The number of methoxy groups -OCH3 is 2. The quantitative estimate of drug-likeness (QED) is 0.654. The van der Waals surface area contributed by atoms with Crippen molar-refractivity contribution < 1.29 is 18.7 Å². The second-order valence-corrected chi connectivity index (χ2v) is 6.19. The molecule has 1 heterocycles. The summed E-state index contributed by atoms with van der Waals surface area (Å²) in [7, 11) is 4.54. The Morgan fingerprint density at radius 3 is 2.52 bits per heavy atom. The lowest BCUT2D eigenvalue weighted by Crippen LogP contribution is -2.32. The van der Waals surface area contributed by atoms with E-state index in [4.69, 9.17) is 9.47 Å². The molecule has 0 atom stereocenters. The molecule has 1 aromatic heterocycles. The molecule has 0 saturated carbocycles. The molecule has 0 aliphatic heterocycles. The van der Waals surface area contributed by atoms with Crippen LogP contribution in [0.25, 0.3) is 11.4 Å². The highest BCUT2D eigenvalue weighted by atomic mass is 19.1. The molecule has 152 valence electrons. The molecule has 0 aliphatic carbocycles. The minimum absolute atomic E-state index is 0.173. The fourth-order valence-corrected chi connectivity index (χ4v) is 2.92. The zero-order valence-corrected chi connectivity index (χ0v) is 16.3. The van der Waals surface area contributed by atoms with Crippen molar-refractivity contribution in [1.82, 2.24) is 19.7 Å². The lowest BCUT2D eigenvalue weighted by atomic mass is 10.1. The van der Waals surface area contributed by atoms with Crippen LogP contribution in [-0.2, 0) is 13.6 Å². The number of aromatic nitrogens is 3. The van der Waals surface area contributed by atoms with Gasteiger partial charge in [-0.05, 0) is 36.4 Å². The molecule has 0 bridgehead atoms. The molecule has 0 aliphatic rings. The fraction of sp³-hybridized carbons (Fsp3) is 0.250. The number of carbonyl (C=O) groups is 1. The summed E-state index contributed by atoms with van der Waals surface area (Å²) < 4.78 is 26.2. The molecule has 9 heteroatoms. The fourth-order valence-electron chi connectivity index (χ4n) is 2.92. The topological polar surface area (TPSA) is 87.4 Å². The minimum atomic E-state index is -0.367. The van der Waals surface area contributed by atoms with E-state index >= 15 is 0 Å². The molecule has 3 aromatic rings. The number of ether oxygens (including phenoxy) is 2. The van der Waals surface area contributed by atoms with E-state index in [1.54, 1.807) is 37.4 Å². The average molecular weight is 400 g/mol. The number of hydrogen-bond donors (Lipinski definition) is 1. The van der Waals surface area contributed by atoms with Gasteiger partial charge < -0.3 is 14.8 Å². The summed E-state index contributed by atoms with van der Waals surface area (Å²) in [6.07, 6.45) is 0. The largest absolute Gasteiger partial charge is 0.493 e. The lowest BCUT2D eigenvalue weighted by Gasteiger charge is -2.12. The van der Waals surface area contributed by atoms with Crippen molar-refractivity contribution >= 4 is 5.91 Å². The Hall–Kier alpha value is -3.62. The van der Waals surface area contributed by atoms with Gasteiger partial charge in [0.25, 0.3) is 5.91 Å². The van der Waals surface area contributed by atoms with Crippen LogP contribution < -0.4 is 20.5 Å². The number of carbonyl (C=O) groups excluding carboxylic acids is 1. The van der Waals surface area contributed by atoms with Crippen molar-refractivity contribution in [1.29, 1.82) is 0 Å². The van der Waals surface area contributed by atoms with Gasteiger partial charge in [-0.15, -0.1) is 5.10 Å². The number of amides is 1. The highest BCUT2D eigenvalue weighted by Crippen LogP contribution is 2.30. The number of benzene rings is 2. The van der Waals surface area contributed by atoms with Crippen LogP contribution in [0.5, 0.6) is 11.5 Å². The second kappa shape index (κ2) is 8.59. The Bertz CT molecular complexity index is 1070. The molecule has 3 rings (SSSR count). The van der Waals surface area contributed by atoms with Crippen LogP contribution >= 0.6 is 0 Å². The van der Waals surface area contributed by atoms with Gasteiger partial charge in [0.05, 0.1) is 26.3 Å². The molecule has 0 unspecified atom stereocenters. The van der Waals surface area contributed by atoms with Crippen LogP contribution in [0, 0.1) is 5.82 Å². The Morgan fingerprint density at radius 1 is 1.14 bits per heavy atom. The Morgan fingerprint density at radius 2 is 1.86 bits per heavy atom. The first-order valence-corrected chi connectivity index (χ1v) is 8.85. The predicted octanol–water partition coefficient (Wildman–Crippen LogP) is 1.84. The van der Waals surface area contributed by atoms with E-state index < -0.39 is 0 Å². The van der Waals surface area contributed by atoms with Crippen molar-refractivity contribution in [3.8, 4) is 22.9 Å². The van der Waals surface area contributed by atoms with E-state index in [1.807, 2.05) is 0 Å². The monoisotopic (exact) mass is 400 g/mol. The van der Waals surface area contributed by atoms with Gasteiger partial charge in [0.15, 0.2) is 17.3 Å². The number of para-hydroxylation sites is 1. The number of hydrogen-bond acceptors (Lipinski definition) is 5. The molecule has 0 fully saturated rings. The molecule has 0 radical (unpaired) electrons. The van der Waals surface area contributed by atoms with Crippen LogP contribution in [0.2, 0.25) is 0 Å². The lowest BCUT2D eigenvalue weighted by molar-refractivity contribution is 0.0948. The number of rotatable bonds is 7. The van der Waals surface area contributed by atoms with Gasteiger partial charge in [-0.25, -0.2) is 13.9 Å². The van der Waals surface area contributed by atoms with Crippen molar-refractivity contribution in [3.05, 3.63) is 64.3 Å². The van der Waals surface area contributed by atoms with E-state index in [1.165, 1.54) is 35.6 Å². The van der Waals surface area contributed by atoms with Crippen LogP contribution in [0.4, 0.5) is 4.39 Å². The van der Waals surface area contributed by atoms with Crippen molar-refractivity contribution in [2.75, 3.05) is 20.8 Å². The number of halogens is 1. The van der Waals surface area contributed by atoms with Gasteiger partial charge in [-0.2, -0.15) is 0 Å². The zero-order chi connectivity index (χ0) is 21.0. The predicted molar refractivity (Wildman–Crippen MR) is 105 cm³/mol. The second-order valence-electron chi connectivity index (χ2n) is 6.19. The van der Waals surface area contributed by atoms with Gasteiger partial charge >= 0.3 is 5.69 Å². The van der Waals surface area contributed by atoms with E-state index in [0.717, 1.165) is 0 Å². The maximum atomic E-state index is 13.1. The summed E-state index contributed by atoms with van der Waals surface area (Å²) in [6, 6.07) is 10.7. The molecule has 0 spiro atoms. The average Bonchev–Trinajstić information content (AvgIpc) is 3.02. The highest BCUT2D eigenvalue weighted by molar-refractivity contribution is 5.97. The van der Waals surface area contributed by atoms with Gasteiger partial charge in [-0.1, -0.05) is 6.07 Å². The molecular weight excluding hydrogens is 379 g/mol. The Kier molecular flexibility index (Phi) is 5.96. The first-order chi connectivity index (χ1) is 14.0. The normalized spacial score (nSPS) is 10.6. The summed E-state index contributed by atoms with van der Waals surface area (Å²) in [5, 5.41) is 7.03. The maximum Gasteiger partial charge on any atom is 0.345 e. The van der Waals surface area contributed by atoms with Crippen LogP contribution in [-0.4, -0.2) is 41.0 Å². The van der Waals surface area contributed by atoms with Gasteiger partial charge in [0, 0.05) is 19.2 Å². The first-order valence-electron chi connectivity index (χ1n) is 8.85. The van der Waals surface area contributed by atoms with Crippen molar-refractivity contribution in [2.24, 2.45) is 7.05 Å². The SMILES string of the molecule is COc1cccc(C(=O)NCCn2nc(-c3ccc(F)cc3)n(C)c2=O)c1OC. The molecule has 29 heavy (non-hydrogen) atoms. The summed E-state index contributed by atoms with van der Waals surface area (Å²) in [6.45, 7) is 0.352.